The van der Waals surface area contributed by atoms with Gasteiger partial charge in [0.15, 0.2) is 11.8 Å². The van der Waals surface area contributed by atoms with Crippen LogP contribution < -0.4 is 11.5 Å². The Morgan fingerprint density at radius 1 is 1.73 bits per heavy atom. The van der Waals surface area contributed by atoms with Crippen LogP contribution in [0.25, 0.3) is 0 Å². The molecule has 11 heavy (non-hydrogen) atoms. The van der Waals surface area contributed by atoms with E-state index in [0.29, 0.717) is 0 Å². The number of aliphatic carboxylic acids is 1. The number of ketones is 1. The van der Waals surface area contributed by atoms with Crippen LogP contribution in [0.5, 0.6) is 0 Å². The Morgan fingerprint density at radius 2 is 2.27 bits per heavy atom. The fourth-order valence-corrected chi connectivity index (χ4v) is 0.594. The van der Waals surface area contributed by atoms with Crippen molar-refractivity contribution in [2.24, 2.45) is 11.5 Å². The number of rotatable bonds is 5. The van der Waals surface area contributed by atoms with E-state index in [9.17, 15) is 9.59 Å². The third kappa shape index (κ3) is 2.87. The van der Waals surface area contributed by atoms with Crippen LogP contribution in [0.15, 0.2) is 0 Å². The van der Waals surface area contributed by atoms with E-state index >= 15 is 0 Å². The molecule has 64 valence electrons. The SMILES string of the molecule is [2H]N([2H])C(C(=O)O)C(=O)[C@@H](N)CS. The summed E-state index contributed by atoms with van der Waals surface area (Å²) in [6, 6.07) is -2.91. The number of carboxylic acids is 1. The number of thiol groups is 1. The van der Waals surface area contributed by atoms with E-state index in [1.54, 1.807) is 0 Å². The van der Waals surface area contributed by atoms with Crippen molar-refractivity contribution in [3.8, 4) is 0 Å². The van der Waals surface area contributed by atoms with E-state index in [4.69, 9.17) is 13.7 Å². The van der Waals surface area contributed by atoms with E-state index in [1.807, 2.05) is 0 Å². The molecule has 0 amide bonds. The molecule has 0 aliphatic heterocycles. The predicted octanol–water partition coefficient (Wildman–Crippen LogP) is -1.78. The predicted molar refractivity (Wildman–Crippen MR) is 42.4 cm³/mol. The molecule has 0 aliphatic rings. The number of Topliss-reactive ketones (excluding diaryl/α,β-unsaturated/α-hetero) is 1. The zero-order valence-electron chi connectivity index (χ0n) is 7.60. The average Bonchev–Trinajstić information content (AvgIpc) is 2.01. The Kier molecular flexibility index (Phi) is 2.78. The van der Waals surface area contributed by atoms with Gasteiger partial charge in [0.05, 0.1) is 6.04 Å². The van der Waals surface area contributed by atoms with Gasteiger partial charge in [-0.2, -0.15) is 12.6 Å². The molecule has 0 heterocycles. The van der Waals surface area contributed by atoms with Gasteiger partial charge in [-0.05, 0) is 0 Å². The molecule has 0 spiro atoms. The number of hydrogen-bond acceptors (Lipinski definition) is 5. The minimum absolute atomic E-state index is 0.0174. The Bertz CT molecular complexity index is 214. The molecule has 0 saturated carbocycles. The lowest BCUT2D eigenvalue weighted by atomic mass is 10.1. The van der Waals surface area contributed by atoms with Crippen molar-refractivity contribution in [3.05, 3.63) is 0 Å². The van der Waals surface area contributed by atoms with Gasteiger partial charge in [0.1, 0.15) is 2.82 Å². The summed E-state index contributed by atoms with van der Waals surface area (Å²) in [5.41, 5.74) is 5.02. The highest BCUT2D eigenvalue weighted by Crippen LogP contribution is 1.90. The summed E-state index contributed by atoms with van der Waals surface area (Å²) >= 11 is 3.71. The maximum Gasteiger partial charge on any atom is 0.328 e. The van der Waals surface area contributed by atoms with Crippen molar-refractivity contribution in [1.82, 2.24) is 0 Å². The van der Waals surface area contributed by atoms with Gasteiger partial charge in [0, 0.05) is 5.75 Å². The highest BCUT2D eigenvalue weighted by atomic mass is 32.1. The highest BCUT2D eigenvalue weighted by molar-refractivity contribution is 7.80. The number of carbonyl (C=O) groups is 2. The van der Waals surface area contributed by atoms with Crippen molar-refractivity contribution in [3.63, 3.8) is 0 Å². The molecule has 0 aromatic carbocycles. The van der Waals surface area contributed by atoms with E-state index in [2.05, 4.69) is 12.6 Å². The molecule has 6 heteroatoms. The van der Waals surface area contributed by atoms with Crippen molar-refractivity contribution >= 4 is 24.4 Å². The summed E-state index contributed by atoms with van der Waals surface area (Å²) in [5, 5.41) is 8.48. The monoisotopic (exact) mass is 180 g/mol. The van der Waals surface area contributed by atoms with Gasteiger partial charge < -0.3 is 16.6 Å². The first-order valence-electron chi connectivity index (χ1n) is 3.71. The maximum absolute atomic E-state index is 11.1. The van der Waals surface area contributed by atoms with Crippen molar-refractivity contribution in [2.45, 2.75) is 12.1 Å². The zero-order valence-corrected chi connectivity index (χ0v) is 6.49. The molecule has 0 rings (SSSR count). The third-order valence-corrected chi connectivity index (χ3v) is 1.46. The first-order chi connectivity index (χ1) is 5.91. The smallest absolute Gasteiger partial charge is 0.328 e. The molecule has 0 bridgehead atoms. The molecule has 0 aromatic rings. The molecule has 0 radical (unpaired) electrons. The largest absolute Gasteiger partial charge is 0.480 e. The lowest BCUT2D eigenvalue weighted by molar-refractivity contribution is -0.142. The van der Waals surface area contributed by atoms with Gasteiger partial charge >= 0.3 is 5.97 Å². The van der Waals surface area contributed by atoms with Gasteiger partial charge in [0.25, 0.3) is 0 Å². The van der Waals surface area contributed by atoms with E-state index in [1.165, 1.54) is 0 Å². The van der Waals surface area contributed by atoms with Gasteiger partial charge in [-0.3, -0.25) is 9.59 Å². The van der Waals surface area contributed by atoms with Crippen LogP contribution >= 0.6 is 12.6 Å². The Morgan fingerprint density at radius 3 is 2.55 bits per heavy atom. The molecule has 0 saturated heterocycles. The lowest BCUT2D eigenvalue weighted by Gasteiger charge is -2.09. The van der Waals surface area contributed by atoms with Crippen LogP contribution in [0, 0.1) is 0 Å². The standard InChI is InChI=1S/C5H10N2O3S/c6-2(1-11)4(8)3(7)5(9)10/h2-3,11H,1,6-7H2,(H,9,10)/t2-,3?/m0/s1/i/hD2. The highest BCUT2D eigenvalue weighted by Gasteiger charge is 2.25. The molecule has 5 N–H and O–H groups in total. The average molecular weight is 180 g/mol. The van der Waals surface area contributed by atoms with Gasteiger partial charge in [0.2, 0.25) is 0 Å². The molecule has 0 aromatic heterocycles. The normalized spacial score (nSPS) is 18.5. The van der Waals surface area contributed by atoms with E-state index in [0.717, 1.165) is 0 Å². The zero-order chi connectivity index (χ0) is 10.6. The van der Waals surface area contributed by atoms with Crippen LogP contribution in [0.4, 0.5) is 0 Å². The molecular weight excluding hydrogens is 168 g/mol. The quantitative estimate of drug-likeness (QED) is 0.296. The first-order valence-corrected chi connectivity index (χ1v) is 3.45. The maximum atomic E-state index is 11.1. The number of carboxylic acid groups (broad SMARTS) is 1. The second-order valence-corrected chi connectivity index (χ2v) is 2.30. The number of hydrogen-bond donors (Lipinski definition) is 4. The van der Waals surface area contributed by atoms with Gasteiger partial charge in [-0.1, -0.05) is 0 Å². The molecular formula is C5H10N2O3S. The molecule has 0 fully saturated rings. The van der Waals surface area contributed by atoms with Gasteiger partial charge in [-0.25, -0.2) is 0 Å². The fraction of sp³-hybridized carbons (Fsp3) is 0.600. The van der Waals surface area contributed by atoms with Crippen molar-refractivity contribution < 1.29 is 17.5 Å². The minimum Gasteiger partial charge on any atom is -0.480 e. The molecule has 2 atom stereocenters. The van der Waals surface area contributed by atoms with E-state index < -0.39 is 23.8 Å². The Hall–Kier alpha value is -0.590. The van der Waals surface area contributed by atoms with E-state index in [-0.39, 0.29) is 11.5 Å². The van der Waals surface area contributed by atoms with Gasteiger partial charge in [-0.15, -0.1) is 0 Å². The second-order valence-electron chi connectivity index (χ2n) is 1.93. The van der Waals surface area contributed by atoms with Crippen LogP contribution in [0.1, 0.15) is 0 Å². The minimum atomic E-state index is -1.85. The summed E-state index contributed by atoms with van der Waals surface area (Å²) in [7, 11) is 0. The topological polar surface area (TPSA) is 106 Å². The second kappa shape index (κ2) is 4.32. The summed E-state index contributed by atoms with van der Waals surface area (Å²) in [5.74, 6) is -2.48. The first kappa shape index (κ1) is 7.08. The fourth-order valence-electron chi connectivity index (χ4n) is 0.414. The number of nitrogens with two attached hydrogens (primary N) is 2. The number of carbonyl (C=O) groups excluding carboxylic acids is 1. The summed E-state index contributed by atoms with van der Waals surface area (Å²) in [6.45, 7) is 0. The molecule has 0 aliphatic carbocycles. The Balaban J connectivity index is 4.56. The van der Waals surface area contributed by atoms with Crippen molar-refractivity contribution in [2.75, 3.05) is 5.75 Å². The summed E-state index contributed by atoms with van der Waals surface area (Å²) in [4.78, 5) is 21.5. The van der Waals surface area contributed by atoms with Crippen LogP contribution in [-0.2, 0) is 9.59 Å². The summed E-state index contributed by atoms with van der Waals surface area (Å²) in [6.07, 6.45) is 0. The lowest BCUT2D eigenvalue weighted by Crippen LogP contribution is -2.48. The van der Waals surface area contributed by atoms with Crippen LogP contribution in [0.3, 0.4) is 0 Å². The van der Waals surface area contributed by atoms with Crippen LogP contribution in [-0.4, -0.2) is 34.7 Å². The third-order valence-electron chi connectivity index (χ3n) is 1.07. The van der Waals surface area contributed by atoms with Crippen LogP contribution in [0.2, 0.25) is 2.82 Å². The Labute approximate surface area is 72.1 Å². The molecule has 1 unspecified atom stereocenters. The van der Waals surface area contributed by atoms with Crippen molar-refractivity contribution in [1.29, 1.82) is 0 Å². The summed E-state index contributed by atoms with van der Waals surface area (Å²) < 4.78 is 13.4. The molecule has 5 nitrogen and oxygen atoms in total.